The molecular weight excluding hydrogens is 329 g/mol. The van der Waals surface area contributed by atoms with Gasteiger partial charge < -0.3 is 5.32 Å². The van der Waals surface area contributed by atoms with Crippen LogP contribution in [0.2, 0.25) is 0 Å². The molecule has 1 nitrogen and oxygen atoms in total. The van der Waals surface area contributed by atoms with E-state index < -0.39 is 0 Å². The lowest BCUT2D eigenvalue weighted by atomic mass is 9.72. The van der Waals surface area contributed by atoms with E-state index in [0.717, 1.165) is 29.4 Å². The number of rotatable bonds is 5. The molecular formula is C18H19BrFN. The second-order valence-electron chi connectivity index (χ2n) is 5.61. The second-order valence-corrected chi connectivity index (χ2v) is 6.53. The highest BCUT2D eigenvalue weighted by Crippen LogP contribution is 2.38. The van der Waals surface area contributed by atoms with E-state index in [2.05, 4.69) is 52.4 Å². The first-order valence-electron chi connectivity index (χ1n) is 7.44. The molecule has 21 heavy (non-hydrogen) atoms. The molecule has 2 aromatic carbocycles. The monoisotopic (exact) mass is 347 g/mol. The Morgan fingerprint density at radius 2 is 2.10 bits per heavy atom. The molecule has 3 heteroatoms. The van der Waals surface area contributed by atoms with Crippen LogP contribution >= 0.6 is 15.9 Å². The molecule has 0 aromatic heterocycles. The topological polar surface area (TPSA) is 12.0 Å². The first-order chi connectivity index (χ1) is 10.2. The van der Waals surface area contributed by atoms with Gasteiger partial charge in [-0.25, -0.2) is 4.39 Å². The Hall–Kier alpha value is -1.19. The Labute approximate surface area is 133 Å². The zero-order chi connectivity index (χ0) is 14.8. The molecule has 0 heterocycles. The molecule has 110 valence electrons. The van der Waals surface area contributed by atoms with Crippen LogP contribution < -0.4 is 5.32 Å². The third kappa shape index (κ3) is 3.04. The maximum Gasteiger partial charge on any atom is 0.127 e. The Morgan fingerprint density at radius 3 is 2.81 bits per heavy atom. The number of likely N-dealkylation sites (N-methyl/N-ethyl adjacent to an activating group) is 1. The van der Waals surface area contributed by atoms with Crippen LogP contribution in [0.15, 0.2) is 46.9 Å². The second kappa shape index (κ2) is 6.29. The minimum absolute atomic E-state index is 0.125. The van der Waals surface area contributed by atoms with Crippen molar-refractivity contribution in [2.75, 3.05) is 6.54 Å². The molecule has 0 radical (unpaired) electrons. The lowest BCUT2D eigenvalue weighted by Gasteiger charge is -2.37. The van der Waals surface area contributed by atoms with E-state index in [1.54, 1.807) is 6.07 Å². The molecule has 1 aliphatic rings. The van der Waals surface area contributed by atoms with Gasteiger partial charge in [0.1, 0.15) is 5.82 Å². The first-order valence-corrected chi connectivity index (χ1v) is 8.23. The smallest absolute Gasteiger partial charge is 0.127 e. The van der Waals surface area contributed by atoms with Gasteiger partial charge in [-0.1, -0.05) is 53.2 Å². The Balaban J connectivity index is 1.80. The number of hydrogen-bond acceptors (Lipinski definition) is 1. The van der Waals surface area contributed by atoms with Gasteiger partial charge in [0.15, 0.2) is 0 Å². The van der Waals surface area contributed by atoms with Gasteiger partial charge in [0.05, 0.1) is 0 Å². The minimum Gasteiger partial charge on any atom is -0.313 e. The summed E-state index contributed by atoms with van der Waals surface area (Å²) in [5.74, 6) is 0.365. The van der Waals surface area contributed by atoms with Crippen LogP contribution in [0.25, 0.3) is 0 Å². The Morgan fingerprint density at radius 1 is 1.29 bits per heavy atom. The summed E-state index contributed by atoms with van der Waals surface area (Å²) in [6.45, 7) is 3.01. The van der Waals surface area contributed by atoms with Gasteiger partial charge in [0.25, 0.3) is 0 Å². The van der Waals surface area contributed by atoms with E-state index >= 15 is 0 Å². The van der Waals surface area contributed by atoms with Crippen molar-refractivity contribution in [3.63, 3.8) is 0 Å². The summed E-state index contributed by atoms with van der Waals surface area (Å²) in [5, 5.41) is 3.54. The maximum atomic E-state index is 14.1. The molecule has 0 spiro atoms. The van der Waals surface area contributed by atoms with E-state index in [4.69, 9.17) is 0 Å². The lowest BCUT2D eigenvalue weighted by Crippen LogP contribution is -2.41. The fourth-order valence-electron chi connectivity index (χ4n) is 3.20. The van der Waals surface area contributed by atoms with Crippen LogP contribution in [0.3, 0.4) is 0 Å². The molecule has 1 N–H and O–H groups in total. The minimum atomic E-state index is -0.125. The largest absolute Gasteiger partial charge is 0.313 e. The van der Waals surface area contributed by atoms with Gasteiger partial charge in [0, 0.05) is 16.4 Å². The van der Waals surface area contributed by atoms with E-state index in [-0.39, 0.29) is 5.82 Å². The van der Waals surface area contributed by atoms with Crippen LogP contribution in [0.4, 0.5) is 4.39 Å². The van der Waals surface area contributed by atoms with E-state index in [9.17, 15) is 4.39 Å². The molecule has 0 amide bonds. The van der Waals surface area contributed by atoms with Gasteiger partial charge >= 0.3 is 0 Å². The summed E-state index contributed by atoms with van der Waals surface area (Å²) in [6, 6.07) is 14.2. The molecule has 0 fully saturated rings. The average Bonchev–Trinajstić information content (AvgIpc) is 2.43. The molecule has 0 aliphatic heterocycles. The summed E-state index contributed by atoms with van der Waals surface area (Å²) in [4.78, 5) is 0. The van der Waals surface area contributed by atoms with Crippen molar-refractivity contribution in [3.8, 4) is 0 Å². The zero-order valence-corrected chi connectivity index (χ0v) is 13.7. The third-order valence-electron chi connectivity index (χ3n) is 4.30. The van der Waals surface area contributed by atoms with Crippen molar-refractivity contribution < 1.29 is 4.39 Å². The van der Waals surface area contributed by atoms with Gasteiger partial charge in [-0.15, -0.1) is 0 Å². The summed E-state index contributed by atoms with van der Waals surface area (Å²) < 4.78 is 14.9. The lowest BCUT2D eigenvalue weighted by molar-refractivity contribution is 0.400. The van der Waals surface area contributed by atoms with E-state index in [0.29, 0.717) is 12.0 Å². The fraction of sp³-hybridized carbons (Fsp3) is 0.333. The highest BCUT2D eigenvalue weighted by atomic mass is 79.9. The molecule has 0 saturated carbocycles. The van der Waals surface area contributed by atoms with Crippen molar-refractivity contribution in [1.82, 2.24) is 5.32 Å². The quantitative estimate of drug-likeness (QED) is 0.842. The standard InChI is InChI=1S/C18H19BrFN/c1-2-21-18(10-13-7-8-14(19)11-17(13)20)16-9-12-5-3-4-6-15(12)16/h3-8,11,16,18,21H,2,9-10H2,1H3. The molecule has 2 atom stereocenters. The van der Waals surface area contributed by atoms with Gasteiger partial charge in [-0.05, 0) is 48.2 Å². The summed E-state index contributed by atoms with van der Waals surface area (Å²) >= 11 is 3.31. The number of benzene rings is 2. The molecule has 1 aliphatic carbocycles. The predicted octanol–water partition coefficient (Wildman–Crippen LogP) is 4.45. The van der Waals surface area contributed by atoms with Crippen molar-refractivity contribution >= 4 is 15.9 Å². The van der Waals surface area contributed by atoms with Crippen molar-refractivity contribution in [3.05, 3.63) is 69.4 Å². The van der Waals surface area contributed by atoms with Crippen LogP contribution in [-0.4, -0.2) is 12.6 Å². The van der Waals surface area contributed by atoms with E-state index in [1.807, 2.05) is 12.1 Å². The van der Waals surface area contributed by atoms with Gasteiger partial charge in [-0.3, -0.25) is 0 Å². The van der Waals surface area contributed by atoms with Gasteiger partial charge in [0.2, 0.25) is 0 Å². The molecule has 0 saturated heterocycles. The van der Waals surface area contributed by atoms with Crippen LogP contribution in [0.5, 0.6) is 0 Å². The molecule has 0 bridgehead atoms. The van der Waals surface area contributed by atoms with Crippen molar-refractivity contribution in [1.29, 1.82) is 0 Å². The highest BCUT2D eigenvalue weighted by Gasteiger charge is 2.32. The number of halogens is 2. The van der Waals surface area contributed by atoms with Crippen LogP contribution in [0.1, 0.15) is 29.5 Å². The summed E-state index contributed by atoms with van der Waals surface area (Å²) in [7, 11) is 0. The average molecular weight is 348 g/mol. The molecule has 2 aromatic rings. The van der Waals surface area contributed by atoms with Crippen LogP contribution in [-0.2, 0) is 12.8 Å². The molecule has 2 unspecified atom stereocenters. The van der Waals surface area contributed by atoms with Crippen molar-refractivity contribution in [2.24, 2.45) is 0 Å². The normalized spacial score (nSPS) is 18.0. The maximum absolute atomic E-state index is 14.1. The van der Waals surface area contributed by atoms with Crippen molar-refractivity contribution in [2.45, 2.75) is 31.7 Å². The fourth-order valence-corrected chi connectivity index (χ4v) is 3.53. The van der Waals surface area contributed by atoms with Gasteiger partial charge in [-0.2, -0.15) is 0 Å². The van der Waals surface area contributed by atoms with Crippen LogP contribution in [0, 0.1) is 5.82 Å². The zero-order valence-electron chi connectivity index (χ0n) is 12.1. The summed E-state index contributed by atoms with van der Waals surface area (Å²) in [5.41, 5.74) is 3.64. The van der Waals surface area contributed by atoms with E-state index in [1.165, 1.54) is 11.1 Å². The molecule has 3 rings (SSSR count). The number of nitrogens with one attached hydrogen (secondary N) is 1. The Kier molecular flexibility index (Phi) is 4.41. The Bertz CT molecular complexity index is 641. The third-order valence-corrected chi connectivity index (χ3v) is 4.79. The SMILES string of the molecule is CCNC(Cc1ccc(Br)cc1F)C1Cc2ccccc21. The summed E-state index contributed by atoms with van der Waals surface area (Å²) in [6.07, 6.45) is 1.82. The number of fused-ring (bicyclic) bond motifs is 1. The predicted molar refractivity (Wildman–Crippen MR) is 88.2 cm³/mol. The highest BCUT2D eigenvalue weighted by molar-refractivity contribution is 9.10. The first kappa shape index (κ1) is 14.7. The number of hydrogen-bond donors (Lipinski definition) is 1.